The molecular formula is C33H44F2N8O4. The Hall–Kier alpha value is -4.07. The van der Waals surface area contributed by atoms with E-state index in [2.05, 4.69) is 30.2 Å². The third kappa shape index (κ3) is 8.09. The molecule has 47 heavy (non-hydrogen) atoms. The Morgan fingerprint density at radius 2 is 1.83 bits per heavy atom. The van der Waals surface area contributed by atoms with Gasteiger partial charge in [-0.05, 0) is 77.3 Å². The smallest absolute Gasteiger partial charge is 0.410 e. The summed E-state index contributed by atoms with van der Waals surface area (Å²) in [6.45, 7) is 9.56. The van der Waals surface area contributed by atoms with Crippen LogP contribution in [-0.2, 0) is 4.74 Å². The first-order valence-electron chi connectivity index (χ1n) is 16.5. The van der Waals surface area contributed by atoms with Crippen LogP contribution < -0.4 is 10.2 Å². The van der Waals surface area contributed by atoms with Gasteiger partial charge in [-0.15, -0.1) is 0 Å². The number of carbonyl (C=O) groups is 2. The lowest BCUT2D eigenvalue weighted by molar-refractivity contribution is 0.0163. The molecule has 12 nitrogen and oxygen atoms in total. The molecule has 0 atom stereocenters. The summed E-state index contributed by atoms with van der Waals surface area (Å²) in [6, 6.07) is 4.02. The van der Waals surface area contributed by atoms with Gasteiger partial charge in [-0.3, -0.25) is 9.48 Å². The van der Waals surface area contributed by atoms with E-state index in [-0.39, 0.29) is 29.4 Å². The van der Waals surface area contributed by atoms with Crippen molar-refractivity contribution in [3.63, 3.8) is 0 Å². The molecule has 3 aromatic heterocycles. The summed E-state index contributed by atoms with van der Waals surface area (Å²) in [6.07, 6.45) is 6.88. The van der Waals surface area contributed by atoms with E-state index in [1.165, 1.54) is 12.5 Å². The molecule has 1 N–H and O–H groups in total. The van der Waals surface area contributed by atoms with E-state index in [1.807, 2.05) is 33.9 Å². The van der Waals surface area contributed by atoms with Gasteiger partial charge in [0.2, 0.25) is 5.89 Å². The molecule has 5 heterocycles. The number of oxazole rings is 1. The number of anilines is 2. The van der Waals surface area contributed by atoms with E-state index in [1.54, 1.807) is 21.8 Å². The van der Waals surface area contributed by atoms with Gasteiger partial charge in [-0.1, -0.05) is 0 Å². The lowest BCUT2D eigenvalue weighted by Gasteiger charge is -2.38. The van der Waals surface area contributed by atoms with Crippen molar-refractivity contribution in [1.82, 2.24) is 29.5 Å². The van der Waals surface area contributed by atoms with Crippen LogP contribution in [0.25, 0.3) is 11.5 Å². The number of nitrogens with one attached hydrogen (secondary N) is 1. The lowest BCUT2D eigenvalue weighted by atomic mass is 9.95. The van der Waals surface area contributed by atoms with Crippen LogP contribution in [0.3, 0.4) is 0 Å². The van der Waals surface area contributed by atoms with Crippen LogP contribution in [0.1, 0.15) is 87.9 Å². The summed E-state index contributed by atoms with van der Waals surface area (Å²) in [5, 5.41) is 6.78. The number of hydrogen-bond acceptors (Lipinski definition) is 9. The maximum Gasteiger partial charge on any atom is 0.410 e. The number of piperidine rings is 2. The third-order valence-electron chi connectivity index (χ3n) is 9.11. The van der Waals surface area contributed by atoms with Crippen LogP contribution in [0.2, 0.25) is 0 Å². The lowest BCUT2D eigenvalue weighted by Crippen LogP contribution is -2.45. The Morgan fingerprint density at radius 1 is 1.11 bits per heavy atom. The van der Waals surface area contributed by atoms with Gasteiger partial charge in [0.1, 0.15) is 17.7 Å². The van der Waals surface area contributed by atoms with Crippen molar-refractivity contribution in [2.45, 2.75) is 83.4 Å². The average Bonchev–Trinajstić information content (AvgIpc) is 3.61. The maximum absolute atomic E-state index is 14.0. The highest BCUT2D eigenvalue weighted by molar-refractivity contribution is 6.03. The molecule has 1 saturated carbocycles. The molecule has 2 aliphatic heterocycles. The van der Waals surface area contributed by atoms with Crippen LogP contribution in [-0.4, -0.2) is 93.0 Å². The fourth-order valence-corrected chi connectivity index (χ4v) is 6.30. The fourth-order valence-electron chi connectivity index (χ4n) is 6.30. The number of ether oxygens (including phenoxy) is 1. The summed E-state index contributed by atoms with van der Waals surface area (Å²) in [4.78, 5) is 40.5. The van der Waals surface area contributed by atoms with Crippen LogP contribution in [0.15, 0.2) is 35.2 Å². The van der Waals surface area contributed by atoms with Crippen molar-refractivity contribution in [2.75, 3.05) is 50.0 Å². The Balaban J connectivity index is 1.02. The molecule has 3 aromatic rings. The summed E-state index contributed by atoms with van der Waals surface area (Å²) in [7, 11) is 1.99. The molecule has 0 radical (unpaired) electrons. The van der Waals surface area contributed by atoms with E-state index in [0.29, 0.717) is 30.6 Å². The standard InChI is InChI=1S/C33H44F2N8O4/c1-33(2,3)47-32(45)42-15-8-21(9-16-42)18-41-13-10-24(11-14-41)43-19-25(28(39-43)29(34)35)37-30(44)26-20-46-31(38-26)22-7-12-36-27(17-22)40(4)23-5-6-23/h7,12,17,19-21,23-24,29H,5-6,8-11,13-16,18H2,1-4H3,(H,37,44). The maximum atomic E-state index is 14.0. The molecule has 0 bridgehead atoms. The average molecular weight is 655 g/mol. The van der Waals surface area contributed by atoms with E-state index >= 15 is 0 Å². The van der Waals surface area contributed by atoms with Crippen molar-refractivity contribution in [2.24, 2.45) is 5.92 Å². The normalized spacial score (nSPS) is 18.5. The second-order valence-electron chi connectivity index (χ2n) is 13.9. The van der Waals surface area contributed by atoms with E-state index < -0.39 is 23.6 Å². The van der Waals surface area contributed by atoms with Gasteiger partial charge in [-0.2, -0.15) is 5.10 Å². The Bertz CT molecular complexity index is 1550. The second kappa shape index (κ2) is 13.6. The summed E-state index contributed by atoms with van der Waals surface area (Å²) in [5.74, 6) is 0.866. The van der Waals surface area contributed by atoms with Crippen LogP contribution in [0.4, 0.5) is 25.1 Å². The first kappa shape index (κ1) is 32.9. The predicted molar refractivity (Wildman–Crippen MR) is 172 cm³/mol. The molecule has 0 unspecified atom stereocenters. The van der Waals surface area contributed by atoms with Crippen LogP contribution in [0, 0.1) is 5.92 Å². The van der Waals surface area contributed by atoms with Crippen molar-refractivity contribution in [1.29, 1.82) is 0 Å². The highest BCUT2D eigenvalue weighted by Crippen LogP contribution is 2.33. The zero-order valence-electron chi connectivity index (χ0n) is 27.5. The topological polar surface area (TPSA) is 122 Å². The molecule has 1 aliphatic carbocycles. The SMILES string of the molecule is CN(c1cc(-c2nc(C(=O)Nc3cn(C4CCN(CC5CCN(C(=O)OC(C)(C)C)CC5)CC4)nc3C(F)F)co2)ccn1)C1CC1. The van der Waals surface area contributed by atoms with E-state index in [0.717, 1.165) is 64.0 Å². The Labute approximate surface area is 273 Å². The van der Waals surface area contributed by atoms with Crippen molar-refractivity contribution in [3.05, 3.63) is 42.2 Å². The van der Waals surface area contributed by atoms with Crippen LogP contribution in [0.5, 0.6) is 0 Å². The predicted octanol–water partition coefficient (Wildman–Crippen LogP) is 6.01. The quantitative estimate of drug-likeness (QED) is 0.296. The first-order chi connectivity index (χ1) is 22.4. The van der Waals surface area contributed by atoms with Crippen LogP contribution >= 0.6 is 0 Å². The minimum absolute atomic E-state index is 0.0212. The molecule has 3 fully saturated rings. The van der Waals surface area contributed by atoms with Crippen molar-refractivity contribution < 1.29 is 27.5 Å². The monoisotopic (exact) mass is 654 g/mol. The largest absolute Gasteiger partial charge is 0.444 e. The molecule has 2 saturated heterocycles. The molecule has 254 valence electrons. The number of likely N-dealkylation sites (tertiary alicyclic amines) is 2. The van der Waals surface area contributed by atoms with Crippen molar-refractivity contribution in [3.8, 4) is 11.5 Å². The number of halogens is 2. The molecule has 0 aromatic carbocycles. The van der Waals surface area contributed by atoms with Gasteiger partial charge in [-0.25, -0.2) is 23.5 Å². The highest BCUT2D eigenvalue weighted by Gasteiger charge is 2.31. The number of nitrogens with zero attached hydrogens (tertiary/aromatic N) is 7. The number of carbonyl (C=O) groups excluding carboxylic acids is 2. The summed E-state index contributed by atoms with van der Waals surface area (Å²) in [5.41, 5.74) is -0.365. The molecule has 6 rings (SSSR count). The van der Waals surface area contributed by atoms with Gasteiger partial charge in [0.15, 0.2) is 11.4 Å². The fraction of sp³-hybridized carbons (Fsp3) is 0.606. The number of aromatic nitrogens is 4. The summed E-state index contributed by atoms with van der Waals surface area (Å²) >= 11 is 0. The Morgan fingerprint density at radius 3 is 2.49 bits per heavy atom. The minimum Gasteiger partial charge on any atom is -0.444 e. The molecule has 3 aliphatic rings. The molecule has 14 heteroatoms. The number of rotatable bonds is 9. The number of alkyl halides is 2. The van der Waals surface area contributed by atoms with Gasteiger partial charge in [0.25, 0.3) is 12.3 Å². The second-order valence-corrected chi connectivity index (χ2v) is 13.9. The Kier molecular flexibility index (Phi) is 9.49. The van der Waals surface area contributed by atoms with Crippen molar-refractivity contribution >= 4 is 23.5 Å². The van der Waals surface area contributed by atoms with Gasteiger partial charge in [0.05, 0.1) is 11.7 Å². The number of hydrogen-bond donors (Lipinski definition) is 1. The molecular weight excluding hydrogens is 610 g/mol. The molecule has 2 amide bonds. The summed E-state index contributed by atoms with van der Waals surface area (Å²) < 4.78 is 40.7. The van der Waals surface area contributed by atoms with Gasteiger partial charge >= 0.3 is 6.09 Å². The first-order valence-corrected chi connectivity index (χ1v) is 16.5. The number of pyridine rings is 1. The number of amides is 2. The third-order valence-corrected chi connectivity index (χ3v) is 9.11. The van der Waals surface area contributed by atoms with E-state index in [9.17, 15) is 18.4 Å². The zero-order valence-corrected chi connectivity index (χ0v) is 27.5. The highest BCUT2D eigenvalue weighted by atomic mass is 19.3. The molecule has 0 spiro atoms. The minimum atomic E-state index is -2.86. The zero-order chi connectivity index (χ0) is 33.3. The van der Waals surface area contributed by atoms with E-state index in [4.69, 9.17) is 9.15 Å². The van der Waals surface area contributed by atoms with Gasteiger partial charge < -0.3 is 29.2 Å². The van der Waals surface area contributed by atoms with Gasteiger partial charge in [0, 0.05) is 63.8 Å².